The quantitative estimate of drug-likeness (QED) is 0.874. The zero-order chi connectivity index (χ0) is 13.0. The largest absolute Gasteiger partial charge is 0.465 e. The van der Waals surface area contributed by atoms with E-state index in [2.05, 4.69) is 14.9 Å². The Kier molecular flexibility index (Phi) is 4.11. The van der Waals surface area contributed by atoms with Gasteiger partial charge in [-0.3, -0.25) is 0 Å². The van der Waals surface area contributed by atoms with Crippen LogP contribution in [0.1, 0.15) is 16.1 Å². The Morgan fingerprint density at radius 3 is 3.06 bits per heavy atom. The van der Waals surface area contributed by atoms with E-state index in [1.807, 2.05) is 5.38 Å². The number of carbonyl (C=O) groups excluding carboxylic acids is 1. The van der Waals surface area contributed by atoms with E-state index in [4.69, 9.17) is 16.3 Å². The normalized spacial score (nSPS) is 10.1. The number of hydrogen-bond acceptors (Lipinski definition) is 6. The van der Waals surface area contributed by atoms with Crippen LogP contribution in [0, 0.1) is 0 Å². The number of nitrogens with zero attached hydrogens (tertiary/aromatic N) is 2. The Labute approximate surface area is 113 Å². The standard InChI is InChI=1S/C11H10ClN3O2S/c1-17-11(16)9-4-7(12)2-3-10(9)13-5-8-6-18-15-14-8/h2-4,6,13H,5H2,1H3. The summed E-state index contributed by atoms with van der Waals surface area (Å²) in [4.78, 5) is 11.6. The SMILES string of the molecule is COC(=O)c1cc(Cl)ccc1NCc1csnn1. The van der Waals surface area contributed by atoms with E-state index in [0.717, 1.165) is 5.69 Å². The van der Waals surface area contributed by atoms with Crippen molar-refractivity contribution >= 4 is 34.8 Å². The number of aromatic nitrogens is 2. The highest BCUT2D eigenvalue weighted by atomic mass is 35.5. The van der Waals surface area contributed by atoms with Gasteiger partial charge in [0.2, 0.25) is 0 Å². The minimum Gasteiger partial charge on any atom is -0.465 e. The molecule has 1 aromatic carbocycles. The number of methoxy groups -OCH3 is 1. The van der Waals surface area contributed by atoms with E-state index in [9.17, 15) is 4.79 Å². The van der Waals surface area contributed by atoms with Crippen molar-refractivity contribution in [2.75, 3.05) is 12.4 Å². The fraction of sp³-hybridized carbons (Fsp3) is 0.182. The molecule has 0 fully saturated rings. The van der Waals surface area contributed by atoms with Crippen LogP contribution in [-0.4, -0.2) is 22.7 Å². The molecule has 0 radical (unpaired) electrons. The average molecular weight is 284 g/mol. The Bertz CT molecular complexity index is 545. The van der Waals surface area contributed by atoms with Crippen LogP contribution in [-0.2, 0) is 11.3 Å². The topological polar surface area (TPSA) is 64.1 Å². The summed E-state index contributed by atoms with van der Waals surface area (Å²) < 4.78 is 8.47. The Morgan fingerprint density at radius 1 is 1.56 bits per heavy atom. The maximum atomic E-state index is 11.6. The van der Waals surface area contributed by atoms with Gasteiger partial charge in [0.05, 0.1) is 24.9 Å². The van der Waals surface area contributed by atoms with Crippen molar-refractivity contribution < 1.29 is 9.53 Å². The second-order valence-corrected chi connectivity index (χ2v) is 4.48. The van der Waals surface area contributed by atoms with Crippen LogP contribution in [0.5, 0.6) is 0 Å². The summed E-state index contributed by atoms with van der Waals surface area (Å²) in [5.74, 6) is -0.434. The molecule has 0 saturated heterocycles. The molecule has 0 bridgehead atoms. The van der Waals surface area contributed by atoms with Gasteiger partial charge in [-0.2, -0.15) is 0 Å². The Hall–Kier alpha value is -1.66. The molecule has 1 N–H and O–H groups in total. The predicted molar refractivity (Wildman–Crippen MR) is 70.0 cm³/mol. The van der Waals surface area contributed by atoms with Gasteiger partial charge in [-0.15, -0.1) is 5.10 Å². The van der Waals surface area contributed by atoms with Crippen molar-refractivity contribution in [3.05, 3.63) is 39.9 Å². The number of nitrogens with one attached hydrogen (secondary N) is 1. The smallest absolute Gasteiger partial charge is 0.340 e. The zero-order valence-corrected chi connectivity index (χ0v) is 11.1. The molecule has 0 saturated carbocycles. The molecule has 5 nitrogen and oxygen atoms in total. The first kappa shape index (κ1) is 12.8. The van der Waals surface area contributed by atoms with Gasteiger partial charge in [0.15, 0.2) is 0 Å². The van der Waals surface area contributed by atoms with Crippen LogP contribution < -0.4 is 5.32 Å². The lowest BCUT2D eigenvalue weighted by Crippen LogP contribution is -2.08. The minimum absolute atomic E-state index is 0.396. The van der Waals surface area contributed by atoms with Gasteiger partial charge in [0, 0.05) is 16.1 Å². The van der Waals surface area contributed by atoms with Crippen molar-refractivity contribution in [2.24, 2.45) is 0 Å². The molecule has 2 rings (SSSR count). The zero-order valence-electron chi connectivity index (χ0n) is 9.51. The van der Waals surface area contributed by atoms with Crippen molar-refractivity contribution in [1.82, 2.24) is 9.59 Å². The molecule has 94 valence electrons. The van der Waals surface area contributed by atoms with Gasteiger partial charge in [-0.25, -0.2) is 4.79 Å². The van der Waals surface area contributed by atoms with Crippen molar-refractivity contribution in [3.8, 4) is 0 Å². The van der Waals surface area contributed by atoms with Crippen molar-refractivity contribution in [3.63, 3.8) is 0 Å². The van der Waals surface area contributed by atoms with Gasteiger partial charge < -0.3 is 10.1 Å². The van der Waals surface area contributed by atoms with Crippen LogP contribution in [0.15, 0.2) is 23.6 Å². The summed E-state index contributed by atoms with van der Waals surface area (Å²) in [5, 5.41) is 9.33. The van der Waals surface area contributed by atoms with Gasteiger partial charge in [-0.05, 0) is 29.7 Å². The molecule has 0 spiro atoms. The highest BCUT2D eigenvalue weighted by Crippen LogP contribution is 2.22. The maximum Gasteiger partial charge on any atom is 0.340 e. The number of ether oxygens (including phenoxy) is 1. The first-order valence-electron chi connectivity index (χ1n) is 5.08. The summed E-state index contributed by atoms with van der Waals surface area (Å²) >= 11 is 7.14. The molecule has 0 aliphatic rings. The molecule has 0 aliphatic carbocycles. The maximum absolute atomic E-state index is 11.6. The number of hydrogen-bond donors (Lipinski definition) is 1. The van der Waals surface area contributed by atoms with E-state index in [1.54, 1.807) is 18.2 Å². The van der Waals surface area contributed by atoms with Gasteiger partial charge in [-0.1, -0.05) is 16.1 Å². The molecule has 2 aromatic rings. The Morgan fingerprint density at radius 2 is 2.39 bits per heavy atom. The van der Waals surface area contributed by atoms with Crippen molar-refractivity contribution in [2.45, 2.75) is 6.54 Å². The van der Waals surface area contributed by atoms with Crippen LogP contribution in [0.4, 0.5) is 5.69 Å². The van der Waals surface area contributed by atoms with Gasteiger partial charge in [0.25, 0.3) is 0 Å². The number of benzene rings is 1. The number of anilines is 1. The molecule has 7 heteroatoms. The highest BCUT2D eigenvalue weighted by molar-refractivity contribution is 7.03. The number of carbonyl (C=O) groups is 1. The van der Waals surface area contributed by atoms with E-state index in [-0.39, 0.29) is 0 Å². The van der Waals surface area contributed by atoms with Crippen LogP contribution in [0.25, 0.3) is 0 Å². The summed E-state index contributed by atoms with van der Waals surface area (Å²) in [6.07, 6.45) is 0. The minimum atomic E-state index is -0.434. The molecule has 0 unspecified atom stereocenters. The van der Waals surface area contributed by atoms with Crippen LogP contribution >= 0.6 is 23.1 Å². The molecule has 18 heavy (non-hydrogen) atoms. The monoisotopic (exact) mass is 283 g/mol. The third-order valence-corrected chi connectivity index (χ3v) is 3.04. The lowest BCUT2D eigenvalue weighted by atomic mass is 10.1. The van der Waals surface area contributed by atoms with Gasteiger partial charge in [0.1, 0.15) is 0 Å². The van der Waals surface area contributed by atoms with Crippen LogP contribution in [0.3, 0.4) is 0 Å². The predicted octanol–water partition coefficient (Wildman–Crippen LogP) is 2.59. The van der Waals surface area contributed by atoms with E-state index >= 15 is 0 Å². The summed E-state index contributed by atoms with van der Waals surface area (Å²) in [7, 11) is 1.33. The molecular weight excluding hydrogens is 274 g/mol. The second kappa shape index (κ2) is 5.79. The number of esters is 1. The third kappa shape index (κ3) is 2.96. The van der Waals surface area contributed by atoms with E-state index < -0.39 is 5.97 Å². The van der Waals surface area contributed by atoms with Crippen LogP contribution in [0.2, 0.25) is 5.02 Å². The third-order valence-electron chi connectivity index (χ3n) is 2.25. The van der Waals surface area contributed by atoms with E-state index in [0.29, 0.717) is 22.8 Å². The Balaban J connectivity index is 2.18. The average Bonchev–Trinajstić information content (AvgIpc) is 2.89. The molecule has 0 amide bonds. The molecule has 0 aliphatic heterocycles. The molecule has 1 aromatic heterocycles. The first-order chi connectivity index (χ1) is 8.70. The first-order valence-corrected chi connectivity index (χ1v) is 6.30. The highest BCUT2D eigenvalue weighted by Gasteiger charge is 2.12. The fourth-order valence-electron chi connectivity index (χ4n) is 1.40. The van der Waals surface area contributed by atoms with E-state index in [1.165, 1.54) is 18.6 Å². The summed E-state index contributed by atoms with van der Waals surface area (Å²) in [6.45, 7) is 0.488. The molecule has 0 atom stereocenters. The lowest BCUT2D eigenvalue weighted by molar-refractivity contribution is 0.0602. The second-order valence-electron chi connectivity index (χ2n) is 3.43. The summed E-state index contributed by atoms with van der Waals surface area (Å²) in [5.41, 5.74) is 1.86. The van der Waals surface area contributed by atoms with Gasteiger partial charge >= 0.3 is 5.97 Å². The number of rotatable bonds is 4. The number of halogens is 1. The fourth-order valence-corrected chi connectivity index (χ4v) is 2.02. The molecule has 1 heterocycles. The lowest BCUT2D eigenvalue weighted by Gasteiger charge is -2.09. The molecular formula is C11H10ClN3O2S. The van der Waals surface area contributed by atoms with Crippen molar-refractivity contribution in [1.29, 1.82) is 0 Å². The summed E-state index contributed by atoms with van der Waals surface area (Å²) in [6, 6.07) is 5.00.